The molecule has 0 atom stereocenters. The van der Waals surface area contributed by atoms with Crippen molar-refractivity contribution in [3.8, 4) is 34.5 Å². The standard InChI is InChI=1S/6C12H18N2O8P2/c6*1-2-5-22-9-3-4-11-10(6-9)13-8-14(11)7-12(15,23(16,17)18)24(19,20)21/h6*3-4,6,8,15H,2,5,7H2,1H3,(H2,16,17,18)(H2,19,20,21). The number of aromatic nitrogens is 12. The van der Waals surface area contributed by atoms with E-state index in [4.69, 9.17) is 28.4 Å². The number of aliphatic hydroxyl groups is 6. The molecule has 0 fully saturated rings. The summed E-state index contributed by atoms with van der Waals surface area (Å²) in [5.41, 5.74) is 4.34. The van der Waals surface area contributed by atoms with Crippen molar-refractivity contribution in [3.63, 3.8) is 0 Å². The molecule has 804 valence electrons. The van der Waals surface area contributed by atoms with Crippen LogP contribution in [-0.2, 0) is 94.0 Å². The molecule has 6 aromatic carbocycles. The monoisotopic (exact) mass is 2280 g/mol. The number of ether oxygens (including phenoxy) is 6. The molecule has 0 saturated heterocycles. The van der Waals surface area contributed by atoms with Crippen LogP contribution in [0.2, 0.25) is 0 Å². The molecular formula is C72H108N12O48P12. The van der Waals surface area contributed by atoms with Crippen LogP contribution in [0.15, 0.2) is 147 Å². The molecule has 0 unspecified atom stereocenters. The summed E-state index contributed by atoms with van der Waals surface area (Å²) in [6.07, 6.45) is 11.6. The van der Waals surface area contributed by atoms with Gasteiger partial charge in [0.1, 0.15) is 34.5 Å². The third-order valence-corrected chi connectivity index (χ3v) is 42.6. The van der Waals surface area contributed by atoms with Crippen molar-refractivity contribution in [1.29, 1.82) is 0 Å². The van der Waals surface area contributed by atoms with E-state index in [1.54, 1.807) is 72.8 Å². The molecule has 0 spiro atoms. The van der Waals surface area contributed by atoms with Crippen LogP contribution >= 0.6 is 91.1 Å². The van der Waals surface area contributed by atoms with E-state index in [0.29, 0.717) is 140 Å². The highest BCUT2D eigenvalue weighted by molar-refractivity contribution is 7.74. The quantitative estimate of drug-likeness (QED) is 0.0225. The van der Waals surface area contributed by atoms with Crippen molar-refractivity contribution in [2.45, 2.75) is 150 Å². The fourth-order valence-electron chi connectivity index (χ4n) is 12.4. The van der Waals surface area contributed by atoms with Gasteiger partial charge < -0.3 is 204 Å². The lowest BCUT2D eigenvalue weighted by Crippen LogP contribution is -2.33. The first-order valence-electron chi connectivity index (χ1n) is 41.4. The van der Waals surface area contributed by atoms with E-state index >= 15 is 0 Å². The highest BCUT2D eigenvalue weighted by Crippen LogP contribution is 2.73. The number of imidazole rings is 6. The second-order valence-electron chi connectivity index (χ2n) is 31.4. The van der Waals surface area contributed by atoms with Crippen molar-refractivity contribution < 1.29 is 231 Å². The van der Waals surface area contributed by atoms with Crippen LogP contribution in [0.5, 0.6) is 34.5 Å². The van der Waals surface area contributed by atoms with Crippen LogP contribution in [0.1, 0.15) is 80.1 Å². The van der Waals surface area contributed by atoms with Gasteiger partial charge in [-0.25, -0.2) is 29.9 Å². The minimum Gasteiger partial charge on any atom is -0.494 e. The highest BCUT2D eigenvalue weighted by atomic mass is 31.3. The van der Waals surface area contributed by atoms with Crippen LogP contribution in [-0.4, -0.2) is 276 Å². The minimum absolute atomic E-state index is 0.333. The highest BCUT2D eigenvalue weighted by Gasteiger charge is 2.65. The van der Waals surface area contributed by atoms with E-state index in [9.17, 15) is 203 Å². The summed E-state index contributed by atoms with van der Waals surface area (Å²) in [7, 11) is -66.4. The predicted octanol–water partition coefficient (Wildman–Crippen LogP) is 4.96. The maximum Gasteiger partial charge on any atom is 0.371 e. The van der Waals surface area contributed by atoms with Gasteiger partial charge >= 0.3 is 91.1 Å². The number of hydrogen-bond acceptors (Lipinski definition) is 30. The molecule has 0 bridgehead atoms. The predicted molar refractivity (Wildman–Crippen MR) is 507 cm³/mol. The molecule has 0 saturated carbocycles. The lowest BCUT2D eigenvalue weighted by Gasteiger charge is -2.29. The molecule has 144 heavy (non-hydrogen) atoms. The first-order valence-corrected chi connectivity index (χ1v) is 60.8. The van der Waals surface area contributed by atoms with Crippen molar-refractivity contribution in [1.82, 2.24) is 57.3 Å². The second kappa shape index (κ2) is 47.8. The van der Waals surface area contributed by atoms with Gasteiger partial charge in [0.15, 0.2) is 0 Å². The van der Waals surface area contributed by atoms with Gasteiger partial charge in [-0.2, -0.15) is 0 Å². The number of benzene rings is 6. The topological polar surface area (TPSA) is 974 Å². The maximum absolute atomic E-state index is 11.4. The Morgan fingerprint density at radius 1 is 0.201 bits per heavy atom. The molecule has 12 aromatic rings. The van der Waals surface area contributed by atoms with Crippen LogP contribution in [0.3, 0.4) is 0 Å². The summed E-state index contributed by atoms with van der Waals surface area (Å²) < 4.78 is 176. The van der Waals surface area contributed by atoms with Crippen LogP contribution < -0.4 is 28.4 Å². The molecule has 0 amide bonds. The SMILES string of the molecule is CCCOc1ccc2c(c1)ncn2CC(O)(P(=O)(O)O)P(=O)(O)O.CCCOc1ccc2c(c1)ncn2CC(O)(P(=O)(O)O)P(=O)(O)O.CCCOc1ccc2c(c1)ncn2CC(O)(P(=O)(O)O)P(=O)(O)O.CCCOc1ccc2c(c1)ncn2CC(O)(P(=O)(O)O)P(=O)(O)O.CCCOc1ccc2c(c1)ncn2CC(O)(P(=O)(O)O)P(=O)(O)O.CCCOc1ccc2c(c1)ncn2CC(O)(P(=O)(O)O)P(=O)(O)O. The first-order chi connectivity index (χ1) is 66.0. The lowest BCUT2D eigenvalue weighted by atomic mass is 10.3. The molecule has 0 radical (unpaired) electrons. The van der Waals surface area contributed by atoms with Gasteiger partial charge in [-0.3, -0.25) is 54.8 Å². The van der Waals surface area contributed by atoms with Gasteiger partial charge in [0, 0.05) is 36.4 Å². The van der Waals surface area contributed by atoms with Crippen LogP contribution in [0, 0.1) is 0 Å². The largest absolute Gasteiger partial charge is 0.494 e. The number of fused-ring (bicyclic) bond motifs is 6. The van der Waals surface area contributed by atoms with Gasteiger partial charge in [-0.1, -0.05) is 41.5 Å². The van der Waals surface area contributed by atoms with Gasteiger partial charge in [0.25, 0.3) is 30.5 Å². The molecule has 0 aliphatic carbocycles. The maximum atomic E-state index is 11.4. The van der Waals surface area contributed by atoms with Gasteiger partial charge in [0.05, 0.1) is 183 Å². The summed E-state index contributed by atoms with van der Waals surface area (Å²) in [5.74, 6) is 3.22. The second-order valence-corrected chi connectivity index (χ2v) is 55.5. The normalized spacial score (nSPS) is 13.4. The average molecular weight is 2280 g/mol. The van der Waals surface area contributed by atoms with Crippen molar-refractivity contribution in [2.24, 2.45) is 0 Å². The van der Waals surface area contributed by atoms with Crippen LogP contribution in [0.25, 0.3) is 66.2 Å². The third-order valence-electron chi connectivity index (χ3n) is 20.3. The van der Waals surface area contributed by atoms with E-state index in [1.807, 2.05) is 41.5 Å². The number of nitrogens with zero attached hydrogens (tertiary/aromatic N) is 12. The van der Waals surface area contributed by atoms with Gasteiger partial charge in [0.2, 0.25) is 0 Å². The van der Waals surface area contributed by atoms with Gasteiger partial charge in [-0.15, -0.1) is 0 Å². The Morgan fingerprint density at radius 2 is 0.306 bits per heavy atom. The Bertz CT molecular complexity index is 5880. The van der Waals surface area contributed by atoms with E-state index in [0.717, 1.165) is 104 Å². The zero-order valence-electron chi connectivity index (χ0n) is 76.1. The summed E-state index contributed by atoms with van der Waals surface area (Å²) in [4.78, 5) is 245. The fourth-order valence-corrected chi connectivity index (χ4v) is 24.6. The van der Waals surface area contributed by atoms with E-state index < -0.39 is 161 Å². The first kappa shape index (κ1) is 123. The Labute approximate surface area is 813 Å². The Kier molecular flexibility index (Phi) is 41.0. The summed E-state index contributed by atoms with van der Waals surface area (Å²) >= 11 is 0. The molecule has 30 N–H and O–H groups in total. The molecule has 6 aromatic heterocycles. The molecule has 60 nitrogen and oxygen atoms in total. The Hall–Kier alpha value is -7.50. The zero-order chi connectivity index (χ0) is 109. The summed E-state index contributed by atoms with van der Waals surface area (Å²) in [6.45, 7) is 8.55. The number of rotatable bonds is 42. The smallest absolute Gasteiger partial charge is 0.371 e. The van der Waals surface area contributed by atoms with E-state index in [1.165, 1.54) is 36.4 Å². The molecule has 0 aliphatic heterocycles. The molecule has 72 heteroatoms. The van der Waals surface area contributed by atoms with Crippen molar-refractivity contribution in [3.05, 3.63) is 147 Å². The molecule has 0 aliphatic rings. The lowest BCUT2D eigenvalue weighted by molar-refractivity contribution is 0.116. The average Bonchev–Trinajstić information content (AvgIpc) is 1.50. The van der Waals surface area contributed by atoms with Crippen LogP contribution in [0.4, 0.5) is 0 Å². The zero-order valence-corrected chi connectivity index (χ0v) is 86.8. The minimum atomic E-state index is -5.53. The summed E-state index contributed by atoms with van der Waals surface area (Å²) in [5, 5.41) is 38.7. The fraction of sp³-hybridized carbons (Fsp3) is 0.417. The molecule has 12 rings (SSSR count). The summed E-state index contributed by atoms with van der Waals surface area (Å²) in [6, 6.07) is 28.1. The van der Waals surface area contributed by atoms with Gasteiger partial charge in [-0.05, 0) is 111 Å². The molecular weight excluding hydrogens is 2170 g/mol. The Balaban J connectivity index is 0.000000234. The van der Waals surface area contributed by atoms with Crippen molar-refractivity contribution in [2.75, 3.05) is 39.6 Å². The van der Waals surface area contributed by atoms with E-state index in [-0.39, 0.29) is 0 Å². The molecule has 6 heterocycles. The Morgan fingerprint density at radius 3 is 0.396 bits per heavy atom. The number of hydrogen-bond donors (Lipinski definition) is 30. The third kappa shape index (κ3) is 29.2. The van der Waals surface area contributed by atoms with E-state index in [2.05, 4.69) is 29.9 Å². The van der Waals surface area contributed by atoms with Crippen molar-refractivity contribution >= 4 is 157 Å².